The van der Waals surface area contributed by atoms with Gasteiger partial charge in [-0.2, -0.15) is 0 Å². The molecule has 160 valence electrons. The molecule has 0 spiro atoms. The minimum atomic E-state index is -0.418. The third-order valence-electron chi connectivity index (χ3n) is 6.17. The number of carbonyl (C=O) groups is 2. The molecule has 0 unspecified atom stereocenters. The largest absolute Gasteiger partial charge is 0.465 e. The van der Waals surface area contributed by atoms with Gasteiger partial charge in [0.05, 0.1) is 18.2 Å². The highest BCUT2D eigenvalue weighted by Crippen LogP contribution is 2.37. The first-order valence-corrected chi connectivity index (χ1v) is 11.1. The highest BCUT2D eigenvalue weighted by molar-refractivity contribution is 5.92. The first-order chi connectivity index (χ1) is 14.6. The third kappa shape index (κ3) is 5.94. The molecule has 4 nitrogen and oxygen atoms in total. The van der Waals surface area contributed by atoms with Crippen molar-refractivity contribution in [3.8, 4) is 5.75 Å². The number of methoxy groups -OCH3 is 1. The SMILES string of the molecule is CCCCCC1CCC(c2ccc(C(=O)Oc3ccc(C(=O)OC)cc3)cc2)CC1. The van der Waals surface area contributed by atoms with E-state index in [4.69, 9.17) is 4.74 Å². The van der Waals surface area contributed by atoms with E-state index in [1.54, 1.807) is 24.3 Å². The number of hydrogen-bond acceptors (Lipinski definition) is 4. The summed E-state index contributed by atoms with van der Waals surface area (Å²) in [7, 11) is 1.33. The van der Waals surface area contributed by atoms with Gasteiger partial charge in [0, 0.05) is 0 Å². The molecule has 0 heterocycles. The van der Waals surface area contributed by atoms with Crippen molar-refractivity contribution < 1.29 is 19.1 Å². The van der Waals surface area contributed by atoms with Crippen LogP contribution in [0.1, 0.15) is 90.5 Å². The number of hydrogen-bond donors (Lipinski definition) is 0. The van der Waals surface area contributed by atoms with Gasteiger partial charge in [-0.05, 0) is 79.5 Å². The van der Waals surface area contributed by atoms with Crippen molar-refractivity contribution in [1.29, 1.82) is 0 Å². The highest BCUT2D eigenvalue weighted by Gasteiger charge is 2.22. The Bertz CT molecular complexity index is 815. The Balaban J connectivity index is 1.51. The zero-order valence-electron chi connectivity index (χ0n) is 18.1. The Kier molecular flexibility index (Phi) is 8.06. The number of benzene rings is 2. The molecule has 0 aromatic heterocycles. The predicted molar refractivity (Wildman–Crippen MR) is 118 cm³/mol. The van der Waals surface area contributed by atoms with Crippen LogP contribution >= 0.6 is 0 Å². The van der Waals surface area contributed by atoms with Crippen molar-refractivity contribution in [2.45, 2.75) is 64.2 Å². The Morgan fingerprint density at radius 1 is 0.833 bits per heavy atom. The van der Waals surface area contributed by atoms with E-state index >= 15 is 0 Å². The van der Waals surface area contributed by atoms with Gasteiger partial charge in [0.15, 0.2) is 0 Å². The molecule has 1 saturated carbocycles. The lowest BCUT2D eigenvalue weighted by Crippen LogP contribution is -2.14. The van der Waals surface area contributed by atoms with Crippen LogP contribution in [0.25, 0.3) is 0 Å². The zero-order valence-corrected chi connectivity index (χ0v) is 18.1. The lowest BCUT2D eigenvalue weighted by atomic mass is 9.77. The van der Waals surface area contributed by atoms with Crippen LogP contribution in [0.5, 0.6) is 5.75 Å². The predicted octanol–water partition coefficient (Wildman–Crippen LogP) is 6.55. The zero-order chi connectivity index (χ0) is 21.3. The molecule has 3 rings (SSSR count). The van der Waals surface area contributed by atoms with Crippen molar-refractivity contribution in [1.82, 2.24) is 0 Å². The molecule has 0 amide bonds. The maximum absolute atomic E-state index is 12.4. The standard InChI is InChI=1S/C26H32O4/c1-3-4-5-6-19-7-9-20(10-8-19)21-11-13-23(14-12-21)26(28)30-24-17-15-22(16-18-24)25(27)29-2/h11-20H,3-10H2,1-2H3. The summed E-state index contributed by atoms with van der Waals surface area (Å²) >= 11 is 0. The summed E-state index contributed by atoms with van der Waals surface area (Å²) in [6, 6.07) is 14.2. The molecule has 30 heavy (non-hydrogen) atoms. The molecule has 0 saturated heterocycles. The average molecular weight is 409 g/mol. The van der Waals surface area contributed by atoms with E-state index in [9.17, 15) is 9.59 Å². The molecule has 0 aliphatic heterocycles. The monoisotopic (exact) mass is 408 g/mol. The first-order valence-electron chi connectivity index (χ1n) is 11.1. The van der Waals surface area contributed by atoms with Crippen molar-refractivity contribution in [2.24, 2.45) is 5.92 Å². The van der Waals surface area contributed by atoms with E-state index in [1.165, 1.54) is 64.0 Å². The van der Waals surface area contributed by atoms with Crippen LogP contribution in [0, 0.1) is 5.92 Å². The van der Waals surface area contributed by atoms with E-state index in [1.807, 2.05) is 12.1 Å². The van der Waals surface area contributed by atoms with Crippen molar-refractivity contribution in [3.05, 3.63) is 65.2 Å². The summed E-state index contributed by atoms with van der Waals surface area (Å²) in [5.41, 5.74) is 2.27. The summed E-state index contributed by atoms with van der Waals surface area (Å²) < 4.78 is 10.1. The number of rotatable bonds is 8. The topological polar surface area (TPSA) is 52.6 Å². The summed E-state index contributed by atoms with van der Waals surface area (Å²) in [5.74, 6) is 1.08. The Morgan fingerprint density at radius 2 is 1.43 bits per heavy atom. The van der Waals surface area contributed by atoms with Gasteiger partial charge >= 0.3 is 11.9 Å². The van der Waals surface area contributed by atoms with Crippen LogP contribution in [0.3, 0.4) is 0 Å². The highest BCUT2D eigenvalue weighted by atomic mass is 16.5. The van der Waals surface area contributed by atoms with Crippen molar-refractivity contribution in [2.75, 3.05) is 7.11 Å². The van der Waals surface area contributed by atoms with Crippen molar-refractivity contribution in [3.63, 3.8) is 0 Å². The smallest absolute Gasteiger partial charge is 0.343 e. The van der Waals surface area contributed by atoms with Crippen LogP contribution in [0.2, 0.25) is 0 Å². The van der Waals surface area contributed by atoms with Crippen LogP contribution in [0.4, 0.5) is 0 Å². The number of carbonyl (C=O) groups excluding carboxylic acids is 2. The van der Waals surface area contributed by atoms with Gasteiger partial charge in [0.1, 0.15) is 5.75 Å². The normalized spacial score (nSPS) is 18.6. The van der Waals surface area contributed by atoms with E-state index < -0.39 is 11.9 Å². The molecule has 2 aromatic carbocycles. The van der Waals surface area contributed by atoms with Crippen LogP contribution in [-0.2, 0) is 4.74 Å². The van der Waals surface area contributed by atoms with Gasteiger partial charge in [-0.15, -0.1) is 0 Å². The molecule has 1 fully saturated rings. The third-order valence-corrected chi connectivity index (χ3v) is 6.17. The molecule has 4 heteroatoms. The molecule has 0 N–H and O–H groups in total. The fourth-order valence-corrected chi connectivity index (χ4v) is 4.30. The van der Waals surface area contributed by atoms with Crippen molar-refractivity contribution >= 4 is 11.9 Å². The van der Waals surface area contributed by atoms with E-state index in [0.29, 0.717) is 22.8 Å². The Hall–Kier alpha value is -2.62. The lowest BCUT2D eigenvalue weighted by Gasteiger charge is -2.29. The minimum Gasteiger partial charge on any atom is -0.465 e. The molecule has 0 radical (unpaired) electrons. The summed E-state index contributed by atoms with van der Waals surface area (Å²) in [6.45, 7) is 2.26. The van der Waals surface area contributed by atoms with Gasteiger partial charge in [0.2, 0.25) is 0 Å². The van der Waals surface area contributed by atoms with Gasteiger partial charge in [-0.3, -0.25) is 0 Å². The number of esters is 2. The molecular formula is C26H32O4. The molecule has 1 aliphatic rings. The van der Waals surface area contributed by atoms with Gasteiger partial charge in [-0.25, -0.2) is 9.59 Å². The second-order valence-electron chi connectivity index (χ2n) is 8.24. The van der Waals surface area contributed by atoms with Crippen LogP contribution < -0.4 is 4.74 Å². The maximum Gasteiger partial charge on any atom is 0.343 e. The summed E-state index contributed by atoms with van der Waals surface area (Å²) in [6.07, 6.45) is 10.5. The Morgan fingerprint density at radius 3 is 2.03 bits per heavy atom. The molecule has 0 bridgehead atoms. The summed E-state index contributed by atoms with van der Waals surface area (Å²) in [5, 5.41) is 0. The second kappa shape index (κ2) is 11.0. The van der Waals surface area contributed by atoms with Crippen LogP contribution in [0.15, 0.2) is 48.5 Å². The minimum absolute atomic E-state index is 0.396. The van der Waals surface area contributed by atoms with E-state index in [-0.39, 0.29) is 0 Å². The quantitative estimate of drug-likeness (QED) is 0.282. The summed E-state index contributed by atoms with van der Waals surface area (Å²) in [4.78, 5) is 23.9. The maximum atomic E-state index is 12.4. The average Bonchev–Trinajstić information content (AvgIpc) is 2.80. The first kappa shape index (κ1) is 22.1. The van der Waals surface area contributed by atoms with Gasteiger partial charge < -0.3 is 9.47 Å². The molecular weight excluding hydrogens is 376 g/mol. The molecule has 1 aliphatic carbocycles. The van der Waals surface area contributed by atoms with Crippen LogP contribution in [-0.4, -0.2) is 19.0 Å². The molecule has 2 aromatic rings. The fourth-order valence-electron chi connectivity index (χ4n) is 4.30. The fraction of sp³-hybridized carbons (Fsp3) is 0.462. The van der Waals surface area contributed by atoms with E-state index in [2.05, 4.69) is 23.8 Å². The van der Waals surface area contributed by atoms with E-state index in [0.717, 1.165) is 5.92 Å². The number of ether oxygens (including phenoxy) is 2. The molecule has 0 atom stereocenters. The number of unbranched alkanes of at least 4 members (excludes halogenated alkanes) is 2. The van der Waals surface area contributed by atoms with Gasteiger partial charge in [0.25, 0.3) is 0 Å². The lowest BCUT2D eigenvalue weighted by molar-refractivity contribution is 0.0600. The Labute approximate surface area is 179 Å². The second-order valence-corrected chi connectivity index (χ2v) is 8.24. The van der Waals surface area contributed by atoms with Gasteiger partial charge in [-0.1, -0.05) is 44.7 Å².